The molecule has 25 heavy (non-hydrogen) atoms. The third-order valence-electron chi connectivity index (χ3n) is 4.04. The molecule has 0 aliphatic rings. The quantitative estimate of drug-likeness (QED) is 0.693. The standard InChI is InChI=1S/C20H22F3NO/c1-13(2)12-14(3)15-8-5-7-11-18(15)24-19(25)16-9-4-6-10-17(16)20(21,22)23/h4-11,13-14H,12H2,1-3H3,(H,24,25)/t14-/m1/s1. The van der Waals surface area contributed by atoms with Gasteiger partial charge in [0.15, 0.2) is 0 Å². The Kier molecular flexibility index (Phi) is 5.88. The topological polar surface area (TPSA) is 29.1 Å². The van der Waals surface area contributed by atoms with Crippen molar-refractivity contribution in [2.45, 2.75) is 39.3 Å². The van der Waals surface area contributed by atoms with E-state index in [4.69, 9.17) is 0 Å². The Morgan fingerprint density at radius 2 is 1.60 bits per heavy atom. The zero-order valence-electron chi connectivity index (χ0n) is 14.5. The van der Waals surface area contributed by atoms with Crippen LogP contribution in [0, 0.1) is 5.92 Å². The number of carbonyl (C=O) groups excluding carboxylic acids is 1. The Bertz CT molecular complexity index is 738. The summed E-state index contributed by atoms with van der Waals surface area (Å²) < 4.78 is 39.4. The lowest BCUT2D eigenvalue weighted by molar-refractivity contribution is -0.137. The van der Waals surface area contributed by atoms with Gasteiger partial charge in [0, 0.05) is 5.69 Å². The minimum atomic E-state index is -4.57. The number of nitrogens with one attached hydrogen (secondary N) is 1. The molecule has 0 heterocycles. The second-order valence-corrected chi connectivity index (χ2v) is 6.62. The number of alkyl halides is 3. The zero-order chi connectivity index (χ0) is 18.6. The fourth-order valence-electron chi connectivity index (χ4n) is 2.99. The smallest absolute Gasteiger partial charge is 0.322 e. The third kappa shape index (κ3) is 4.84. The maximum Gasteiger partial charge on any atom is 0.417 e. The van der Waals surface area contributed by atoms with Gasteiger partial charge in [0.1, 0.15) is 0 Å². The molecule has 0 aliphatic heterocycles. The Morgan fingerprint density at radius 1 is 1.00 bits per heavy atom. The number of hydrogen-bond donors (Lipinski definition) is 1. The number of halogens is 3. The van der Waals surface area contributed by atoms with Crippen molar-refractivity contribution >= 4 is 11.6 Å². The number of carbonyl (C=O) groups is 1. The molecule has 0 saturated carbocycles. The van der Waals surface area contributed by atoms with Crippen molar-refractivity contribution in [2.24, 2.45) is 5.92 Å². The highest BCUT2D eigenvalue weighted by molar-refractivity contribution is 6.05. The van der Waals surface area contributed by atoms with E-state index in [1.165, 1.54) is 18.2 Å². The average Bonchev–Trinajstić information content (AvgIpc) is 2.54. The number of hydrogen-bond acceptors (Lipinski definition) is 1. The Hall–Kier alpha value is -2.30. The summed E-state index contributed by atoms with van der Waals surface area (Å²) in [5.41, 5.74) is 0.174. The zero-order valence-corrected chi connectivity index (χ0v) is 14.5. The summed E-state index contributed by atoms with van der Waals surface area (Å²) in [5, 5.41) is 2.65. The van der Waals surface area contributed by atoms with Gasteiger partial charge in [0.05, 0.1) is 11.1 Å². The Balaban J connectivity index is 2.31. The molecule has 134 valence electrons. The summed E-state index contributed by atoms with van der Waals surface area (Å²) >= 11 is 0. The normalized spacial score (nSPS) is 12.9. The first kappa shape index (κ1) is 19.0. The van der Waals surface area contributed by atoms with Crippen LogP contribution in [-0.2, 0) is 6.18 Å². The van der Waals surface area contributed by atoms with Crippen LogP contribution in [0.4, 0.5) is 18.9 Å². The van der Waals surface area contributed by atoms with E-state index in [1.54, 1.807) is 12.1 Å². The van der Waals surface area contributed by atoms with Gasteiger partial charge in [-0.1, -0.05) is 51.1 Å². The van der Waals surface area contributed by atoms with Gasteiger partial charge in [-0.05, 0) is 42.0 Å². The first-order valence-electron chi connectivity index (χ1n) is 8.26. The molecular weight excluding hydrogens is 327 g/mol. The molecule has 0 aliphatic carbocycles. The molecular formula is C20H22F3NO. The highest BCUT2D eigenvalue weighted by Gasteiger charge is 2.34. The highest BCUT2D eigenvalue weighted by Crippen LogP contribution is 2.33. The summed E-state index contributed by atoms with van der Waals surface area (Å²) in [5.74, 6) is -0.0869. The summed E-state index contributed by atoms with van der Waals surface area (Å²) in [7, 11) is 0. The van der Waals surface area contributed by atoms with E-state index in [1.807, 2.05) is 12.1 Å². The van der Waals surface area contributed by atoms with Crippen LogP contribution in [0.3, 0.4) is 0 Å². The number of benzene rings is 2. The fourth-order valence-corrected chi connectivity index (χ4v) is 2.99. The molecule has 0 saturated heterocycles. The third-order valence-corrected chi connectivity index (χ3v) is 4.04. The van der Waals surface area contributed by atoms with Crippen molar-refractivity contribution in [2.75, 3.05) is 5.32 Å². The Labute approximate surface area is 146 Å². The van der Waals surface area contributed by atoms with Crippen LogP contribution >= 0.6 is 0 Å². The fraction of sp³-hybridized carbons (Fsp3) is 0.350. The lowest BCUT2D eigenvalue weighted by Gasteiger charge is -2.19. The van der Waals surface area contributed by atoms with Crippen molar-refractivity contribution in [3.05, 3.63) is 65.2 Å². The molecule has 0 spiro atoms. The van der Waals surface area contributed by atoms with Crippen molar-refractivity contribution in [1.29, 1.82) is 0 Å². The predicted molar refractivity (Wildman–Crippen MR) is 93.7 cm³/mol. The minimum Gasteiger partial charge on any atom is -0.322 e. The molecule has 1 N–H and O–H groups in total. The van der Waals surface area contributed by atoms with Gasteiger partial charge in [-0.3, -0.25) is 4.79 Å². The minimum absolute atomic E-state index is 0.189. The summed E-state index contributed by atoms with van der Waals surface area (Å²) in [6.07, 6.45) is -3.65. The highest BCUT2D eigenvalue weighted by atomic mass is 19.4. The van der Waals surface area contributed by atoms with Crippen molar-refractivity contribution < 1.29 is 18.0 Å². The van der Waals surface area contributed by atoms with Crippen LogP contribution in [0.1, 0.15) is 54.6 Å². The van der Waals surface area contributed by atoms with Crippen LogP contribution < -0.4 is 5.32 Å². The molecule has 0 aromatic heterocycles. The van der Waals surface area contributed by atoms with Crippen LogP contribution in [-0.4, -0.2) is 5.91 Å². The molecule has 5 heteroatoms. The summed E-state index contributed by atoms with van der Waals surface area (Å²) in [4.78, 5) is 12.5. The van der Waals surface area contributed by atoms with Gasteiger partial charge in [0.25, 0.3) is 5.91 Å². The summed E-state index contributed by atoms with van der Waals surface area (Å²) in [6.45, 7) is 6.27. The molecule has 2 nitrogen and oxygen atoms in total. The maximum absolute atomic E-state index is 13.1. The van der Waals surface area contributed by atoms with Crippen LogP contribution in [0.25, 0.3) is 0 Å². The lowest BCUT2D eigenvalue weighted by Crippen LogP contribution is -2.19. The molecule has 0 fully saturated rings. The number of anilines is 1. The van der Waals surface area contributed by atoms with Crippen LogP contribution in [0.2, 0.25) is 0 Å². The van der Waals surface area contributed by atoms with E-state index >= 15 is 0 Å². The summed E-state index contributed by atoms with van der Waals surface area (Å²) in [6, 6.07) is 12.1. The lowest BCUT2D eigenvalue weighted by atomic mass is 9.91. The van der Waals surface area contributed by atoms with Crippen molar-refractivity contribution in [3.63, 3.8) is 0 Å². The van der Waals surface area contributed by atoms with Crippen LogP contribution in [0.5, 0.6) is 0 Å². The Morgan fingerprint density at radius 3 is 2.24 bits per heavy atom. The van der Waals surface area contributed by atoms with E-state index < -0.39 is 17.6 Å². The van der Waals surface area contributed by atoms with Gasteiger partial charge in [-0.2, -0.15) is 13.2 Å². The monoisotopic (exact) mass is 349 g/mol. The SMILES string of the molecule is CC(C)C[C@@H](C)c1ccccc1NC(=O)c1ccccc1C(F)(F)F. The average molecular weight is 349 g/mol. The van der Waals surface area contributed by atoms with Crippen LogP contribution in [0.15, 0.2) is 48.5 Å². The molecule has 2 aromatic rings. The predicted octanol–water partition coefficient (Wildman–Crippen LogP) is 6.11. The molecule has 1 atom stereocenters. The van der Waals surface area contributed by atoms with E-state index in [-0.39, 0.29) is 11.5 Å². The van der Waals surface area contributed by atoms with Crippen molar-refractivity contribution in [3.8, 4) is 0 Å². The maximum atomic E-state index is 13.1. The van der Waals surface area contributed by atoms with E-state index in [2.05, 4.69) is 26.1 Å². The van der Waals surface area contributed by atoms with Gasteiger partial charge >= 0.3 is 6.18 Å². The largest absolute Gasteiger partial charge is 0.417 e. The van der Waals surface area contributed by atoms with Gasteiger partial charge in [-0.15, -0.1) is 0 Å². The van der Waals surface area contributed by atoms with E-state index in [9.17, 15) is 18.0 Å². The van der Waals surface area contributed by atoms with E-state index in [0.29, 0.717) is 11.6 Å². The molecule has 2 aromatic carbocycles. The molecule has 2 rings (SSSR count). The first-order chi connectivity index (χ1) is 11.7. The van der Waals surface area contributed by atoms with Gasteiger partial charge < -0.3 is 5.32 Å². The molecule has 0 radical (unpaired) electrons. The molecule has 0 bridgehead atoms. The van der Waals surface area contributed by atoms with Gasteiger partial charge in [-0.25, -0.2) is 0 Å². The number of para-hydroxylation sites is 1. The number of amides is 1. The van der Waals surface area contributed by atoms with Gasteiger partial charge in [0.2, 0.25) is 0 Å². The second kappa shape index (κ2) is 7.72. The number of rotatable bonds is 5. The first-order valence-corrected chi connectivity index (χ1v) is 8.26. The molecule has 1 amide bonds. The van der Waals surface area contributed by atoms with Crippen molar-refractivity contribution in [1.82, 2.24) is 0 Å². The molecule has 0 unspecified atom stereocenters. The van der Waals surface area contributed by atoms with E-state index in [0.717, 1.165) is 18.1 Å². The second-order valence-electron chi connectivity index (χ2n) is 6.62.